The zero-order chi connectivity index (χ0) is 12.2. The molecule has 1 saturated heterocycles. The first kappa shape index (κ1) is 13.9. The molecule has 0 aromatic rings. The van der Waals surface area contributed by atoms with Gasteiger partial charge in [0.2, 0.25) is 0 Å². The average Bonchev–Trinajstić information content (AvgIpc) is 2.64. The monoisotopic (exact) mass is 228 g/mol. The number of rotatable bonds is 5. The number of hydrogen-bond acceptors (Lipinski definition) is 3. The van der Waals surface area contributed by atoms with Crippen molar-refractivity contribution in [1.82, 2.24) is 10.6 Å². The van der Waals surface area contributed by atoms with Crippen molar-refractivity contribution in [2.45, 2.75) is 46.3 Å². The van der Waals surface area contributed by atoms with E-state index >= 15 is 0 Å². The van der Waals surface area contributed by atoms with Crippen LogP contribution in [0.5, 0.6) is 0 Å². The van der Waals surface area contributed by atoms with E-state index in [1.54, 1.807) is 7.11 Å². The van der Waals surface area contributed by atoms with Gasteiger partial charge in [0.25, 0.3) is 0 Å². The van der Waals surface area contributed by atoms with Crippen molar-refractivity contribution in [2.75, 3.05) is 26.7 Å². The minimum atomic E-state index is 0.394. The summed E-state index contributed by atoms with van der Waals surface area (Å²) in [5.41, 5.74) is 0.394. The van der Waals surface area contributed by atoms with Crippen LogP contribution in [0.1, 0.15) is 34.1 Å². The second kappa shape index (κ2) is 5.99. The quantitative estimate of drug-likeness (QED) is 0.750. The zero-order valence-electron chi connectivity index (χ0n) is 11.5. The fourth-order valence-electron chi connectivity index (χ4n) is 1.90. The molecule has 96 valence electrons. The third kappa shape index (κ3) is 4.40. The van der Waals surface area contributed by atoms with E-state index in [2.05, 4.69) is 38.3 Å². The minimum absolute atomic E-state index is 0.394. The Morgan fingerprint density at radius 2 is 2.12 bits per heavy atom. The van der Waals surface area contributed by atoms with Gasteiger partial charge >= 0.3 is 0 Å². The molecule has 3 nitrogen and oxygen atoms in total. The molecule has 3 unspecified atom stereocenters. The van der Waals surface area contributed by atoms with Gasteiger partial charge < -0.3 is 15.4 Å². The highest BCUT2D eigenvalue weighted by Gasteiger charge is 2.24. The highest BCUT2D eigenvalue weighted by Crippen LogP contribution is 2.24. The van der Waals surface area contributed by atoms with Crippen LogP contribution in [0.25, 0.3) is 0 Å². The normalized spacial score (nSPS) is 28.3. The van der Waals surface area contributed by atoms with Gasteiger partial charge in [0.1, 0.15) is 0 Å². The van der Waals surface area contributed by atoms with Crippen molar-refractivity contribution in [2.24, 2.45) is 11.3 Å². The van der Waals surface area contributed by atoms with Crippen LogP contribution in [0.4, 0.5) is 0 Å². The summed E-state index contributed by atoms with van der Waals surface area (Å²) in [6.45, 7) is 12.4. The Bertz CT molecular complexity index is 201. The SMILES string of the molecule is COC1CNC(CNCC(C)C(C)(C)C)C1. The maximum absolute atomic E-state index is 5.33. The lowest BCUT2D eigenvalue weighted by Crippen LogP contribution is -2.38. The topological polar surface area (TPSA) is 33.3 Å². The lowest BCUT2D eigenvalue weighted by atomic mass is 9.82. The molecule has 3 atom stereocenters. The standard InChI is InChI=1S/C13H28N2O/c1-10(13(2,3)4)7-14-8-11-6-12(16-5)9-15-11/h10-12,14-15H,6-9H2,1-5H3. The van der Waals surface area contributed by atoms with Crippen molar-refractivity contribution in [3.8, 4) is 0 Å². The Balaban J connectivity index is 2.12. The van der Waals surface area contributed by atoms with Crippen LogP contribution in [0.2, 0.25) is 0 Å². The van der Waals surface area contributed by atoms with E-state index in [1.165, 1.54) is 0 Å². The number of hydrogen-bond donors (Lipinski definition) is 2. The Kier molecular flexibility index (Phi) is 5.22. The van der Waals surface area contributed by atoms with Gasteiger partial charge in [-0.25, -0.2) is 0 Å². The molecule has 1 aliphatic rings. The van der Waals surface area contributed by atoms with E-state index in [1.807, 2.05) is 0 Å². The van der Waals surface area contributed by atoms with E-state index in [9.17, 15) is 0 Å². The largest absolute Gasteiger partial charge is 0.380 e. The van der Waals surface area contributed by atoms with Gasteiger partial charge in [0.15, 0.2) is 0 Å². The Morgan fingerprint density at radius 3 is 2.62 bits per heavy atom. The van der Waals surface area contributed by atoms with Crippen molar-refractivity contribution < 1.29 is 4.74 Å². The lowest BCUT2D eigenvalue weighted by Gasteiger charge is -2.28. The summed E-state index contributed by atoms with van der Waals surface area (Å²) in [7, 11) is 1.80. The van der Waals surface area contributed by atoms with Crippen molar-refractivity contribution in [1.29, 1.82) is 0 Å². The van der Waals surface area contributed by atoms with Crippen LogP contribution in [-0.4, -0.2) is 38.9 Å². The first-order valence-electron chi connectivity index (χ1n) is 6.40. The summed E-state index contributed by atoms with van der Waals surface area (Å²) >= 11 is 0. The van der Waals surface area contributed by atoms with Crippen LogP contribution in [-0.2, 0) is 4.74 Å². The molecule has 0 saturated carbocycles. The molecule has 3 heteroatoms. The summed E-state index contributed by atoms with van der Waals surface area (Å²) in [6.07, 6.45) is 1.54. The second-order valence-electron chi connectivity index (χ2n) is 6.12. The fourth-order valence-corrected chi connectivity index (χ4v) is 1.90. The molecule has 1 aliphatic heterocycles. The summed E-state index contributed by atoms with van der Waals surface area (Å²) in [5, 5.41) is 7.04. The van der Waals surface area contributed by atoms with Crippen LogP contribution >= 0.6 is 0 Å². The highest BCUT2D eigenvalue weighted by atomic mass is 16.5. The molecule has 0 amide bonds. The molecule has 2 N–H and O–H groups in total. The first-order chi connectivity index (χ1) is 7.43. The molecule has 0 radical (unpaired) electrons. The summed E-state index contributed by atoms with van der Waals surface area (Å²) in [4.78, 5) is 0. The van der Waals surface area contributed by atoms with E-state index < -0.39 is 0 Å². The predicted octanol–water partition coefficient (Wildman–Crippen LogP) is 1.64. The van der Waals surface area contributed by atoms with Gasteiger partial charge in [0.05, 0.1) is 6.10 Å². The Morgan fingerprint density at radius 1 is 1.44 bits per heavy atom. The smallest absolute Gasteiger partial charge is 0.0711 e. The fraction of sp³-hybridized carbons (Fsp3) is 1.00. The van der Waals surface area contributed by atoms with Gasteiger partial charge in [-0.2, -0.15) is 0 Å². The highest BCUT2D eigenvalue weighted by molar-refractivity contribution is 4.84. The van der Waals surface area contributed by atoms with Gasteiger partial charge in [-0.1, -0.05) is 27.7 Å². The number of ether oxygens (including phenoxy) is 1. The van der Waals surface area contributed by atoms with Crippen LogP contribution < -0.4 is 10.6 Å². The second-order valence-corrected chi connectivity index (χ2v) is 6.12. The summed E-state index contributed by atoms with van der Waals surface area (Å²) in [6, 6.07) is 0.581. The van der Waals surface area contributed by atoms with Crippen molar-refractivity contribution >= 4 is 0 Å². The van der Waals surface area contributed by atoms with Crippen molar-refractivity contribution in [3.63, 3.8) is 0 Å². The van der Waals surface area contributed by atoms with Gasteiger partial charge in [0, 0.05) is 26.2 Å². The molecule has 0 bridgehead atoms. The zero-order valence-corrected chi connectivity index (χ0v) is 11.5. The molecule has 1 rings (SSSR count). The van der Waals surface area contributed by atoms with Gasteiger partial charge in [-0.05, 0) is 24.3 Å². The predicted molar refractivity (Wildman–Crippen MR) is 68.7 cm³/mol. The minimum Gasteiger partial charge on any atom is -0.380 e. The van der Waals surface area contributed by atoms with E-state index in [-0.39, 0.29) is 0 Å². The molecule has 1 fully saturated rings. The molecule has 16 heavy (non-hydrogen) atoms. The molecule has 0 aromatic heterocycles. The van der Waals surface area contributed by atoms with E-state index in [4.69, 9.17) is 4.74 Å². The number of nitrogens with one attached hydrogen (secondary N) is 2. The summed E-state index contributed by atoms with van der Waals surface area (Å²) < 4.78 is 5.33. The molecular weight excluding hydrogens is 200 g/mol. The first-order valence-corrected chi connectivity index (χ1v) is 6.40. The van der Waals surface area contributed by atoms with Crippen LogP contribution in [0.3, 0.4) is 0 Å². The third-order valence-electron chi connectivity index (χ3n) is 3.83. The summed E-state index contributed by atoms with van der Waals surface area (Å²) in [5.74, 6) is 0.701. The maximum atomic E-state index is 5.33. The maximum Gasteiger partial charge on any atom is 0.0711 e. The third-order valence-corrected chi connectivity index (χ3v) is 3.83. The van der Waals surface area contributed by atoms with E-state index in [0.29, 0.717) is 23.5 Å². The molecular formula is C13H28N2O. The molecule has 0 spiro atoms. The van der Waals surface area contributed by atoms with E-state index in [0.717, 1.165) is 26.1 Å². The molecule has 0 aliphatic carbocycles. The van der Waals surface area contributed by atoms with Gasteiger partial charge in [-0.15, -0.1) is 0 Å². The average molecular weight is 228 g/mol. The Labute approximate surface area is 100 Å². The van der Waals surface area contributed by atoms with Gasteiger partial charge in [-0.3, -0.25) is 0 Å². The van der Waals surface area contributed by atoms with Crippen molar-refractivity contribution in [3.05, 3.63) is 0 Å². The Hall–Kier alpha value is -0.120. The lowest BCUT2D eigenvalue weighted by molar-refractivity contribution is 0.117. The van der Waals surface area contributed by atoms with Crippen LogP contribution in [0.15, 0.2) is 0 Å². The molecule has 0 aromatic carbocycles. The number of methoxy groups -OCH3 is 1. The molecule has 1 heterocycles. The van der Waals surface area contributed by atoms with Crippen LogP contribution in [0, 0.1) is 11.3 Å².